The average molecular weight is 253 g/mol. The summed E-state index contributed by atoms with van der Waals surface area (Å²) in [6, 6.07) is 0. The summed E-state index contributed by atoms with van der Waals surface area (Å²) in [6.45, 7) is 0.614. The molecule has 1 N–H and O–H groups in total. The van der Waals surface area contributed by atoms with E-state index in [1.807, 2.05) is 0 Å². The normalized spacial score (nSPS) is 48.9. The second kappa shape index (κ2) is 4.20. The van der Waals surface area contributed by atoms with Crippen molar-refractivity contribution in [3.8, 4) is 0 Å². The molecule has 0 spiro atoms. The highest BCUT2D eigenvalue weighted by Crippen LogP contribution is 2.40. The Balaban J connectivity index is 1.23. The SMILES string of the molecule is O=C(OCC1CCC2[OH+]C2C1)C1CCC2OC2C1. The van der Waals surface area contributed by atoms with Crippen molar-refractivity contribution >= 4 is 5.97 Å². The van der Waals surface area contributed by atoms with Gasteiger partial charge in [-0.3, -0.25) is 4.79 Å². The lowest BCUT2D eigenvalue weighted by atomic mass is 9.89. The first-order valence-electron chi connectivity index (χ1n) is 7.31. The minimum Gasteiger partial charge on any atom is -0.465 e. The first-order chi connectivity index (χ1) is 8.79. The maximum atomic E-state index is 12.0. The molecule has 2 heterocycles. The minimum atomic E-state index is 0.0128. The van der Waals surface area contributed by atoms with Gasteiger partial charge in [-0.15, -0.1) is 0 Å². The van der Waals surface area contributed by atoms with Gasteiger partial charge in [-0.2, -0.15) is 0 Å². The number of aliphatic hydroxyl groups is 2. The number of rotatable bonds is 3. The molecule has 2 aliphatic heterocycles. The zero-order chi connectivity index (χ0) is 12.1. The molecule has 4 rings (SSSR count). The van der Waals surface area contributed by atoms with E-state index in [2.05, 4.69) is 4.74 Å². The summed E-state index contributed by atoms with van der Waals surface area (Å²) >= 11 is 0. The van der Waals surface area contributed by atoms with Gasteiger partial charge in [0, 0.05) is 18.8 Å². The number of hydrogen-bond donors (Lipinski definition) is 0. The van der Waals surface area contributed by atoms with Gasteiger partial charge in [-0.1, -0.05) is 0 Å². The van der Waals surface area contributed by atoms with E-state index in [1.54, 1.807) is 0 Å². The second-order valence-corrected chi connectivity index (χ2v) is 6.32. The lowest BCUT2D eigenvalue weighted by Crippen LogP contribution is -2.27. The Morgan fingerprint density at radius 3 is 2.89 bits per heavy atom. The maximum Gasteiger partial charge on any atom is 0.309 e. The fourth-order valence-corrected chi connectivity index (χ4v) is 3.63. The van der Waals surface area contributed by atoms with Crippen LogP contribution in [0.5, 0.6) is 0 Å². The molecule has 4 aliphatic rings. The van der Waals surface area contributed by atoms with Crippen molar-refractivity contribution in [2.75, 3.05) is 6.61 Å². The molecule has 4 nitrogen and oxygen atoms in total. The Labute approximate surface area is 107 Å². The fraction of sp³-hybridized carbons (Fsp3) is 0.929. The van der Waals surface area contributed by atoms with Crippen molar-refractivity contribution < 1.29 is 19.0 Å². The molecule has 6 unspecified atom stereocenters. The van der Waals surface area contributed by atoms with Crippen LogP contribution in [0.2, 0.25) is 0 Å². The molecule has 0 aromatic rings. The summed E-state index contributed by atoms with van der Waals surface area (Å²) in [7, 11) is 0. The van der Waals surface area contributed by atoms with Crippen molar-refractivity contribution in [1.82, 2.24) is 0 Å². The molecular formula is C14H21O4+. The van der Waals surface area contributed by atoms with Gasteiger partial charge in [0.05, 0.1) is 24.7 Å². The first kappa shape index (κ1) is 11.2. The largest absolute Gasteiger partial charge is 0.465 e. The van der Waals surface area contributed by atoms with Crippen LogP contribution in [0.1, 0.15) is 38.5 Å². The highest BCUT2D eigenvalue weighted by atomic mass is 16.6. The van der Waals surface area contributed by atoms with Crippen LogP contribution >= 0.6 is 0 Å². The summed E-state index contributed by atoms with van der Waals surface area (Å²) in [4.78, 5) is 12.0. The molecular weight excluding hydrogens is 232 g/mol. The zero-order valence-electron chi connectivity index (χ0n) is 10.6. The van der Waals surface area contributed by atoms with Crippen molar-refractivity contribution in [1.29, 1.82) is 0 Å². The molecule has 0 bridgehead atoms. The number of ether oxygens (including phenoxy) is 3. The predicted molar refractivity (Wildman–Crippen MR) is 64.1 cm³/mol. The third kappa shape index (κ3) is 2.16. The summed E-state index contributed by atoms with van der Waals surface area (Å²) in [5.41, 5.74) is 0. The van der Waals surface area contributed by atoms with E-state index in [-0.39, 0.29) is 11.9 Å². The molecule has 0 radical (unpaired) electrons. The van der Waals surface area contributed by atoms with Gasteiger partial charge in [0.2, 0.25) is 12.2 Å². The average Bonchev–Trinajstić information content (AvgIpc) is 3.26. The summed E-state index contributed by atoms with van der Waals surface area (Å²) < 4.78 is 15.5. The van der Waals surface area contributed by atoms with E-state index in [4.69, 9.17) is 9.47 Å². The topological polar surface area (TPSA) is 51.6 Å². The summed E-state index contributed by atoms with van der Waals surface area (Å²) in [5, 5.41) is 0. The third-order valence-electron chi connectivity index (χ3n) is 4.98. The van der Waals surface area contributed by atoms with Crippen molar-refractivity contribution in [2.45, 2.75) is 62.9 Å². The van der Waals surface area contributed by atoms with E-state index in [0.29, 0.717) is 36.9 Å². The predicted octanol–water partition coefficient (Wildman–Crippen LogP) is 1.18. The highest BCUT2D eigenvalue weighted by molar-refractivity contribution is 5.72. The quantitative estimate of drug-likeness (QED) is 0.431. The van der Waals surface area contributed by atoms with Gasteiger partial charge >= 0.3 is 5.97 Å². The van der Waals surface area contributed by atoms with E-state index in [0.717, 1.165) is 25.7 Å². The molecule has 6 atom stereocenters. The Kier molecular flexibility index (Phi) is 2.62. The van der Waals surface area contributed by atoms with Crippen LogP contribution in [0.15, 0.2) is 0 Å². The number of carbonyl (C=O) groups is 1. The van der Waals surface area contributed by atoms with Gasteiger partial charge < -0.3 is 14.2 Å². The Hall–Kier alpha value is -0.610. The lowest BCUT2D eigenvalue weighted by molar-refractivity contribution is -0.151. The number of esters is 1. The summed E-state index contributed by atoms with van der Waals surface area (Å²) in [6.07, 6.45) is 8.45. The molecule has 4 fully saturated rings. The number of carbonyl (C=O) groups excluding carboxylic acids is 1. The molecule has 2 aliphatic carbocycles. The molecule has 0 amide bonds. The summed E-state index contributed by atoms with van der Waals surface area (Å²) in [5.74, 6) is 0.657. The number of epoxide rings is 2. The van der Waals surface area contributed by atoms with Crippen LogP contribution in [0.3, 0.4) is 0 Å². The molecule has 0 aromatic heterocycles. The van der Waals surface area contributed by atoms with Crippen LogP contribution in [0.4, 0.5) is 0 Å². The van der Waals surface area contributed by atoms with Crippen molar-refractivity contribution in [3.63, 3.8) is 0 Å². The Bertz CT molecular complexity index is 356. The fourth-order valence-electron chi connectivity index (χ4n) is 3.63. The van der Waals surface area contributed by atoms with Crippen molar-refractivity contribution in [3.05, 3.63) is 0 Å². The van der Waals surface area contributed by atoms with Gasteiger partial charge in [0.15, 0.2) is 0 Å². The molecule has 18 heavy (non-hydrogen) atoms. The number of fused-ring (bicyclic) bond motifs is 2. The Morgan fingerprint density at radius 1 is 1.11 bits per heavy atom. The zero-order valence-corrected chi connectivity index (χ0v) is 10.6. The molecule has 2 saturated heterocycles. The monoisotopic (exact) mass is 253 g/mol. The molecule has 100 valence electrons. The van der Waals surface area contributed by atoms with E-state index >= 15 is 0 Å². The standard InChI is InChI=1S/C14H20O4/c15-14(9-2-4-11-13(6-9)18-11)16-7-8-1-3-10-12(5-8)17-10/h8-13H,1-7H2/p+1. The van der Waals surface area contributed by atoms with Gasteiger partial charge in [0.1, 0.15) is 0 Å². The van der Waals surface area contributed by atoms with E-state index in [1.165, 1.54) is 12.8 Å². The van der Waals surface area contributed by atoms with Gasteiger partial charge in [-0.25, -0.2) is 0 Å². The molecule has 4 heteroatoms. The Morgan fingerprint density at radius 2 is 2.06 bits per heavy atom. The second-order valence-electron chi connectivity index (χ2n) is 6.32. The highest BCUT2D eigenvalue weighted by Gasteiger charge is 2.52. The van der Waals surface area contributed by atoms with Crippen molar-refractivity contribution in [2.24, 2.45) is 11.8 Å². The van der Waals surface area contributed by atoms with Crippen LogP contribution in [-0.4, -0.2) is 41.7 Å². The molecule has 2 saturated carbocycles. The van der Waals surface area contributed by atoms with Crippen LogP contribution < -0.4 is 0 Å². The van der Waals surface area contributed by atoms with Crippen LogP contribution in [0.25, 0.3) is 0 Å². The first-order valence-corrected chi connectivity index (χ1v) is 7.31. The van der Waals surface area contributed by atoms with Gasteiger partial charge in [-0.05, 0) is 25.7 Å². The maximum absolute atomic E-state index is 12.0. The number of hydrogen-bond acceptors (Lipinski definition) is 3. The minimum absolute atomic E-state index is 0.0128. The van der Waals surface area contributed by atoms with Crippen LogP contribution in [0, 0.1) is 11.8 Å². The molecule has 0 aromatic carbocycles. The smallest absolute Gasteiger partial charge is 0.309 e. The van der Waals surface area contributed by atoms with E-state index in [9.17, 15) is 4.79 Å². The third-order valence-corrected chi connectivity index (χ3v) is 4.98. The van der Waals surface area contributed by atoms with E-state index < -0.39 is 0 Å². The van der Waals surface area contributed by atoms with Crippen LogP contribution in [-0.2, 0) is 14.3 Å². The lowest BCUT2D eigenvalue weighted by Gasteiger charge is -2.20. The van der Waals surface area contributed by atoms with Gasteiger partial charge in [0.25, 0.3) is 0 Å².